The van der Waals surface area contributed by atoms with Gasteiger partial charge in [0.25, 0.3) is 0 Å². The Morgan fingerprint density at radius 2 is 1.44 bits per heavy atom. The van der Waals surface area contributed by atoms with Crippen LogP contribution in [0, 0.1) is 0 Å². The van der Waals surface area contributed by atoms with Gasteiger partial charge in [0.05, 0.1) is 20.6 Å². The van der Waals surface area contributed by atoms with Crippen molar-refractivity contribution in [3.05, 3.63) is 59.7 Å². The summed E-state index contributed by atoms with van der Waals surface area (Å²) in [5.74, 6) is -0.265. The van der Waals surface area contributed by atoms with Gasteiger partial charge in [-0.15, -0.1) is 0 Å². The Hall–Kier alpha value is -2.66. The Kier molecular flexibility index (Phi) is 7.40. The van der Waals surface area contributed by atoms with Gasteiger partial charge in [0.2, 0.25) is 0 Å². The molecule has 0 saturated carbocycles. The quantitative estimate of drug-likeness (QED) is 0.316. The third-order valence-electron chi connectivity index (χ3n) is 5.75. The zero-order valence-corrected chi connectivity index (χ0v) is 20.0. The van der Waals surface area contributed by atoms with Crippen molar-refractivity contribution in [2.24, 2.45) is 0 Å². The van der Waals surface area contributed by atoms with Gasteiger partial charge in [-0.25, -0.2) is 4.79 Å². The van der Waals surface area contributed by atoms with E-state index in [1.807, 2.05) is 59.1 Å². The van der Waals surface area contributed by atoms with E-state index in [1.165, 1.54) is 22.3 Å². The van der Waals surface area contributed by atoms with Crippen molar-refractivity contribution >= 4 is 11.9 Å². The van der Waals surface area contributed by atoms with E-state index >= 15 is 0 Å². The Balaban J connectivity index is 1.43. The lowest BCUT2D eigenvalue weighted by Crippen LogP contribution is -2.46. The van der Waals surface area contributed by atoms with Crippen LogP contribution in [0.5, 0.6) is 0 Å². The molecule has 0 fully saturated rings. The number of unbranched alkanes of at least 4 members (excludes halogenated alkanes) is 1. The predicted molar refractivity (Wildman–Crippen MR) is 126 cm³/mol. The fourth-order valence-electron chi connectivity index (χ4n) is 4.30. The first-order valence-corrected chi connectivity index (χ1v) is 11.4. The highest BCUT2D eigenvalue weighted by molar-refractivity contribution is 5.79. The van der Waals surface area contributed by atoms with Crippen LogP contribution in [0.25, 0.3) is 11.1 Å². The summed E-state index contributed by atoms with van der Waals surface area (Å²) >= 11 is 0. The second kappa shape index (κ2) is 9.86. The van der Waals surface area contributed by atoms with Gasteiger partial charge < -0.3 is 14.0 Å². The van der Waals surface area contributed by atoms with E-state index in [0.29, 0.717) is 24.1 Å². The number of likely N-dealkylation sites (N-methyl/N-ethyl adjacent to an activating group) is 1. The van der Waals surface area contributed by atoms with Gasteiger partial charge in [-0.05, 0) is 55.9 Å². The van der Waals surface area contributed by atoms with Gasteiger partial charge in [-0.3, -0.25) is 4.79 Å². The topological polar surface area (TPSA) is 52.6 Å². The standard InChI is InChI=1S/C27H36NO4/c1-27(2,3)32-26(30)18-28(4,5)17-11-10-16-25(29)31-19-24-22-14-8-6-12-20(22)21-13-7-9-15-23(21)24/h6-9,12-15,24H,10-11,16-19H2,1-5H3/q+1. The molecule has 32 heavy (non-hydrogen) atoms. The van der Waals surface area contributed by atoms with Crippen LogP contribution in [-0.4, -0.2) is 55.8 Å². The van der Waals surface area contributed by atoms with E-state index < -0.39 is 5.60 Å². The van der Waals surface area contributed by atoms with Crippen LogP contribution in [-0.2, 0) is 19.1 Å². The molecule has 0 heterocycles. The maximum absolute atomic E-state index is 12.4. The third kappa shape index (κ3) is 6.42. The smallest absolute Gasteiger partial charge is 0.362 e. The molecular formula is C27H36NO4+. The summed E-state index contributed by atoms with van der Waals surface area (Å²) in [5, 5.41) is 0. The van der Waals surface area contributed by atoms with Crippen LogP contribution in [0.15, 0.2) is 48.5 Å². The molecule has 0 unspecified atom stereocenters. The fourth-order valence-corrected chi connectivity index (χ4v) is 4.30. The summed E-state index contributed by atoms with van der Waals surface area (Å²) in [5.41, 5.74) is 4.44. The van der Waals surface area contributed by atoms with Crippen LogP contribution < -0.4 is 0 Å². The van der Waals surface area contributed by atoms with Crippen LogP contribution in [0.1, 0.15) is 57.1 Å². The molecule has 0 N–H and O–H groups in total. The lowest BCUT2D eigenvalue weighted by atomic mass is 9.98. The number of hydrogen-bond donors (Lipinski definition) is 0. The van der Waals surface area contributed by atoms with Crippen molar-refractivity contribution in [3.8, 4) is 11.1 Å². The molecular weight excluding hydrogens is 402 g/mol. The maximum Gasteiger partial charge on any atom is 0.362 e. The molecule has 0 atom stereocenters. The molecule has 0 amide bonds. The fraction of sp³-hybridized carbons (Fsp3) is 0.481. The van der Waals surface area contributed by atoms with Gasteiger partial charge in [0, 0.05) is 12.3 Å². The summed E-state index contributed by atoms with van der Waals surface area (Å²) in [4.78, 5) is 24.5. The number of fused-ring (bicyclic) bond motifs is 3. The molecule has 0 radical (unpaired) electrons. The highest BCUT2D eigenvalue weighted by Gasteiger charge is 2.29. The number of hydrogen-bond acceptors (Lipinski definition) is 4. The highest BCUT2D eigenvalue weighted by atomic mass is 16.6. The first-order chi connectivity index (χ1) is 15.1. The van der Waals surface area contributed by atoms with E-state index in [9.17, 15) is 9.59 Å². The molecule has 0 spiro atoms. The summed E-state index contributed by atoms with van der Waals surface area (Å²) in [6.45, 7) is 7.11. The van der Waals surface area contributed by atoms with Gasteiger partial charge in [-0.2, -0.15) is 0 Å². The van der Waals surface area contributed by atoms with Crippen molar-refractivity contribution in [3.63, 3.8) is 0 Å². The van der Waals surface area contributed by atoms with Gasteiger partial charge in [0.15, 0.2) is 6.54 Å². The molecule has 2 aromatic carbocycles. The first-order valence-electron chi connectivity index (χ1n) is 11.4. The third-order valence-corrected chi connectivity index (χ3v) is 5.75. The Morgan fingerprint density at radius 1 is 0.875 bits per heavy atom. The van der Waals surface area contributed by atoms with Crippen molar-refractivity contribution in [2.45, 2.75) is 51.6 Å². The summed E-state index contributed by atoms with van der Waals surface area (Å²) in [7, 11) is 4.02. The number of ether oxygens (including phenoxy) is 2. The monoisotopic (exact) mass is 438 g/mol. The molecule has 1 aliphatic carbocycles. The lowest BCUT2D eigenvalue weighted by molar-refractivity contribution is -0.883. The van der Waals surface area contributed by atoms with Gasteiger partial charge in [0.1, 0.15) is 12.2 Å². The lowest BCUT2D eigenvalue weighted by Gasteiger charge is -2.30. The van der Waals surface area contributed by atoms with Crippen LogP contribution in [0.4, 0.5) is 0 Å². The average Bonchev–Trinajstić information content (AvgIpc) is 3.02. The molecule has 2 aromatic rings. The summed E-state index contributed by atoms with van der Waals surface area (Å²) in [6, 6.07) is 16.7. The predicted octanol–water partition coefficient (Wildman–Crippen LogP) is 4.93. The van der Waals surface area contributed by atoms with Crippen molar-refractivity contribution in [1.29, 1.82) is 0 Å². The maximum atomic E-state index is 12.4. The zero-order valence-electron chi connectivity index (χ0n) is 20.0. The van der Waals surface area contributed by atoms with E-state index in [2.05, 4.69) is 24.3 Å². The van der Waals surface area contributed by atoms with Crippen molar-refractivity contribution < 1.29 is 23.5 Å². The van der Waals surface area contributed by atoms with Gasteiger partial charge >= 0.3 is 11.9 Å². The molecule has 0 aromatic heterocycles. The number of quaternary nitrogens is 1. The number of rotatable bonds is 9. The SMILES string of the molecule is CC(C)(C)OC(=O)C[N+](C)(C)CCCCC(=O)OCC1c2ccccc2-c2ccccc21. The summed E-state index contributed by atoms with van der Waals surface area (Å²) in [6.07, 6.45) is 1.98. The Morgan fingerprint density at radius 3 is 2.00 bits per heavy atom. The summed E-state index contributed by atoms with van der Waals surface area (Å²) < 4.78 is 11.6. The largest absolute Gasteiger partial charge is 0.465 e. The number of carbonyl (C=O) groups is 2. The normalized spacial score (nSPS) is 13.4. The second-order valence-electron chi connectivity index (χ2n) is 10.3. The van der Waals surface area contributed by atoms with Crippen LogP contribution in [0.2, 0.25) is 0 Å². The van der Waals surface area contributed by atoms with Crippen LogP contribution in [0.3, 0.4) is 0 Å². The Bertz CT molecular complexity index is 913. The molecule has 3 rings (SSSR count). The first kappa shape index (κ1) is 24.0. The van der Waals surface area contributed by atoms with Crippen molar-refractivity contribution in [1.82, 2.24) is 0 Å². The minimum absolute atomic E-state index is 0.0933. The van der Waals surface area contributed by atoms with E-state index in [4.69, 9.17) is 9.47 Å². The van der Waals surface area contributed by atoms with E-state index in [-0.39, 0.29) is 17.9 Å². The molecule has 0 bridgehead atoms. The van der Waals surface area contributed by atoms with E-state index in [1.54, 1.807) is 0 Å². The number of nitrogens with zero attached hydrogens (tertiary/aromatic N) is 1. The number of esters is 2. The van der Waals surface area contributed by atoms with Crippen molar-refractivity contribution in [2.75, 3.05) is 33.8 Å². The molecule has 172 valence electrons. The second-order valence-corrected chi connectivity index (χ2v) is 10.3. The average molecular weight is 439 g/mol. The minimum atomic E-state index is -0.471. The number of carbonyl (C=O) groups excluding carboxylic acids is 2. The molecule has 5 heteroatoms. The van der Waals surface area contributed by atoms with E-state index in [0.717, 1.165) is 19.4 Å². The zero-order chi connectivity index (χ0) is 23.4. The minimum Gasteiger partial charge on any atom is -0.465 e. The molecule has 0 aliphatic heterocycles. The Labute approximate surface area is 191 Å². The number of benzene rings is 2. The van der Waals surface area contributed by atoms with Crippen LogP contribution >= 0.6 is 0 Å². The molecule has 5 nitrogen and oxygen atoms in total. The molecule has 0 saturated heterocycles. The van der Waals surface area contributed by atoms with Gasteiger partial charge in [-0.1, -0.05) is 48.5 Å². The highest BCUT2D eigenvalue weighted by Crippen LogP contribution is 2.44. The molecule has 1 aliphatic rings.